The third kappa shape index (κ3) is 4.66. The number of piperidine rings is 1. The SMILES string of the molecule is O=C(c1ccccn1)[C@]12Cc3cnn(-c4ccc(F)cc4)c3C[C@@H]1CCN(S(=O)c1ccc(C(F)(F)F)cc1)C2. The van der Waals surface area contributed by atoms with E-state index >= 15 is 0 Å². The lowest BCUT2D eigenvalue weighted by Crippen LogP contribution is -2.57. The molecule has 0 saturated carbocycles. The quantitative estimate of drug-likeness (QED) is 0.238. The third-order valence-electron chi connectivity index (χ3n) is 7.91. The number of aromatic nitrogens is 3. The number of ketones is 1. The fraction of sp³-hybridized carbons (Fsp3) is 0.276. The predicted octanol–water partition coefficient (Wildman–Crippen LogP) is 5.44. The van der Waals surface area contributed by atoms with E-state index in [0.717, 1.165) is 23.4 Å². The minimum Gasteiger partial charge on any atom is -0.292 e. The lowest BCUT2D eigenvalue weighted by Gasteiger charge is -2.49. The molecule has 6 rings (SSSR count). The summed E-state index contributed by atoms with van der Waals surface area (Å²) in [7, 11) is -1.77. The second-order valence-electron chi connectivity index (χ2n) is 10.2. The summed E-state index contributed by atoms with van der Waals surface area (Å²) in [5.74, 6) is -0.628. The van der Waals surface area contributed by atoms with E-state index in [1.165, 1.54) is 24.3 Å². The number of carbonyl (C=O) groups excluding carboxylic acids is 1. The molecule has 40 heavy (non-hydrogen) atoms. The molecule has 1 saturated heterocycles. The van der Waals surface area contributed by atoms with Crippen LogP contribution in [0, 0.1) is 17.2 Å². The van der Waals surface area contributed by atoms with Crippen molar-refractivity contribution >= 4 is 16.8 Å². The Bertz CT molecular complexity index is 1570. The minimum atomic E-state index is -4.49. The molecule has 11 heteroatoms. The molecule has 6 nitrogen and oxygen atoms in total. The standard InChI is InChI=1S/C29H24F4N4O2S/c30-22-6-8-23(9-7-22)37-26-15-21-12-14-36(40(39)24-10-4-20(5-11-24)29(31,32)33)18-28(21,16-19(26)17-35-37)27(38)25-3-1-2-13-34-25/h1-11,13,17,21H,12,14-16,18H2/t21-,28-,40?/m0/s1. The van der Waals surface area contributed by atoms with Crippen molar-refractivity contribution in [2.75, 3.05) is 13.1 Å². The van der Waals surface area contributed by atoms with Gasteiger partial charge in [0.05, 0.1) is 27.8 Å². The zero-order chi connectivity index (χ0) is 28.1. The molecule has 206 valence electrons. The molecule has 1 fully saturated rings. The Balaban J connectivity index is 1.36. The first-order valence-corrected chi connectivity index (χ1v) is 13.9. The zero-order valence-electron chi connectivity index (χ0n) is 21.1. The van der Waals surface area contributed by atoms with Gasteiger partial charge in [0.25, 0.3) is 0 Å². The first-order chi connectivity index (χ1) is 19.2. The second-order valence-corrected chi connectivity index (χ2v) is 11.7. The molecule has 3 atom stereocenters. The van der Waals surface area contributed by atoms with Gasteiger partial charge in [-0.05, 0) is 91.4 Å². The van der Waals surface area contributed by atoms with E-state index in [1.54, 1.807) is 51.7 Å². The van der Waals surface area contributed by atoms with Crippen molar-refractivity contribution in [1.29, 1.82) is 0 Å². The summed E-state index contributed by atoms with van der Waals surface area (Å²) in [4.78, 5) is 18.7. The van der Waals surface area contributed by atoms with Crippen LogP contribution in [0.1, 0.15) is 33.7 Å². The van der Waals surface area contributed by atoms with Gasteiger partial charge >= 0.3 is 6.18 Å². The maximum atomic E-state index is 14.2. The van der Waals surface area contributed by atoms with Crippen LogP contribution >= 0.6 is 0 Å². The predicted molar refractivity (Wildman–Crippen MR) is 139 cm³/mol. The molecule has 4 aromatic rings. The summed E-state index contributed by atoms with van der Waals surface area (Å²) >= 11 is 0. The first-order valence-electron chi connectivity index (χ1n) is 12.8. The number of hydrogen-bond acceptors (Lipinski definition) is 4. The Morgan fingerprint density at radius 2 is 1.77 bits per heavy atom. The highest BCUT2D eigenvalue weighted by atomic mass is 32.2. The monoisotopic (exact) mass is 568 g/mol. The summed E-state index contributed by atoms with van der Waals surface area (Å²) in [6.45, 7) is 0.553. The van der Waals surface area contributed by atoms with Gasteiger partial charge in [0.2, 0.25) is 0 Å². The van der Waals surface area contributed by atoms with Crippen molar-refractivity contribution in [2.45, 2.75) is 30.3 Å². The van der Waals surface area contributed by atoms with Gasteiger partial charge in [0, 0.05) is 25.0 Å². The number of halogens is 4. The molecule has 3 heterocycles. The number of hydrogen-bond donors (Lipinski definition) is 0. The van der Waals surface area contributed by atoms with Crippen molar-refractivity contribution in [1.82, 2.24) is 19.1 Å². The Hall–Kier alpha value is -3.70. The van der Waals surface area contributed by atoms with Gasteiger partial charge < -0.3 is 0 Å². The topological polar surface area (TPSA) is 68.1 Å². The molecule has 0 amide bonds. The van der Waals surface area contributed by atoms with Crippen LogP contribution in [-0.2, 0) is 30.0 Å². The average Bonchev–Trinajstić information content (AvgIpc) is 3.37. The average molecular weight is 569 g/mol. The summed E-state index contributed by atoms with van der Waals surface area (Å²) in [6, 6.07) is 15.5. The lowest BCUT2D eigenvalue weighted by atomic mass is 9.60. The van der Waals surface area contributed by atoms with E-state index in [9.17, 15) is 26.6 Å². The minimum absolute atomic E-state index is 0.119. The molecular weight excluding hydrogens is 544 g/mol. The van der Waals surface area contributed by atoms with E-state index in [1.807, 2.05) is 0 Å². The fourth-order valence-electron chi connectivity index (χ4n) is 5.89. The smallest absolute Gasteiger partial charge is 0.292 e. The Morgan fingerprint density at radius 3 is 2.45 bits per heavy atom. The number of carbonyl (C=O) groups is 1. The van der Waals surface area contributed by atoms with Crippen LogP contribution in [-0.4, -0.2) is 42.2 Å². The number of rotatable bonds is 5. The van der Waals surface area contributed by atoms with Crippen molar-refractivity contribution in [3.8, 4) is 5.69 Å². The summed E-state index contributed by atoms with van der Waals surface area (Å²) in [5.41, 5.74) is 1.06. The van der Waals surface area contributed by atoms with E-state index in [4.69, 9.17) is 0 Å². The molecule has 0 spiro atoms. The summed E-state index contributed by atoms with van der Waals surface area (Å²) in [5, 5.41) is 4.55. The molecule has 0 N–H and O–H groups in total. The fourth-order valence-corrected chi connectivity index (χ4v) is 7.17. The van der Waals surface area contributed by atoms with Gasteiger partial charge in [-0.25, -0.2) is 17.6 Å². The van der Waals surface area contributed by atoms with Gasteiger partial charge in [0.15, 0.2) is 5.78 Å². The summed E-state index contributed by atoms with van der Waals surface area (Å²) < 4.78 is 69.7. The van der Waals surface area contributed by atoms with Crippen LogP contribution < -0.4 is 0 Å². The molecule has 1 aliphatic carbocycles. The van der Waals surface area contributed by atoms with Crippen LogP contribution in [0.5, 0.6) is 0 Å². The number of Topliss-reactive ketones (excluding diaryl/α,β-unsaturated/α-hetero) is 1. The highest BCUT2D eigenvalue weighted by molar-refractivity contribution is 7.82. The molecular formula is C29H24F4N4O2S. The molecule has 1 unspecified atom stereocenters. The van der Waals surface area contributed by atoms with Crippen LogP contribution in [0.3, 0.4) is 0 Å². The Labute approximate surface area is 230 Å². The van der Waals surface area contributed by atoms with Gasteiger partial charge in [-0.2, -0.15) is 18.3 Å². The molecule has 0 bridgehead atoms. The largest absolute Gasteiger partial charge is 0.416 e. The van der Waals surface area contributed by atoms with E-state index in [2.05, 4.69) is 10.1 Å². The van der Waals surface area contributed by atoms with Gasteiger partial charge in [-0.3, -0.25) is 9.78 Å². The van der Waals surface area contributed by atoms with E-state index in [0.29, 0.717) is 37.2 Å². The van der Waals surface area contributed by atoms with E-state index < -0.39 is 28.1 Å². The highest BCUT2D eigenvalue weighted by Crippen LogP contribution is 2.48. The number of benzene rings is 2. The van der Waals surface area contributed by atoms with Crippen molar-refractivity contribution in [3.05, 3.63) is 107 Å². The van der Waals surface area contributed by atoms with Crippen molar-refractivity contribution < 1.29 is 26.6 Å². The lowest BCUT2D eigenvalue weighted by molar-refractivity contribution is -0.137. The molecule has 0 radical (unpaired) electrons. The molecule has 2 aromatic heterocycles. The number of nitrogens with zero attached hydrogens (tertiary/aromatic N) is 4. The van der Waals surface area contributed by atoms with Crippen molar-refractivity contribution in [2.24, 2.45) is 11.3 Å². The van der Waals surface area contributed by atoms with Crippen molar-refractivity contribution in [3.63, 3.8) is 0 Å². The zero-order valence-corrected chi connectivity index (χ0v) is 22.0. The number of pyridine rings is 1. The van der Waals surface area contributed by atoms with Crippen LogP contribution in [0.25, 0.3) is 5.69 Å². The number of alkyl halides is 3. The number of fused-ring (bicyclic) bond motifs is 2. The summed E-state index contributed by atoms with van der Waals surface area (Å²) in [6.07, 6.45) is 0.194. The maximum absolute atomic E-state index is 14.2. The first kappa shape index (κ1) is 26.5. The van der Waals surface area contributed by atoms with Crippen LogP contribution in [0.2, 0.25) is 0 Å². The third-order valence-corrected chi connectivity index (χ3v) is 9.36. The Kier molecular flexibility index (Phi) is 6.66. The Morgan fingerprint density at radius 1 is 1.02 bits per heavy atom. The van der Waals surface area contributed by atoms with Gasteiger partial charge in [-0.15, -0.1) is 0 Å². The molecule has 2 aliphatic rings. The highest BCUT2D eigenvalue weighted by Gasteiger charge is 2.53. The molecule has 2 aromatic carbocycles. The molecule has 1 aliphatic heterocycles. The van der Waals surface area contributed by atoms with Gasteiger partial charge in [-0.1, -0.05) is 6.07 Å². The maximum Gasteiger partial charge on any atom is 0.416 e. The normalized spacial score (nSPS) is 21.9. The van der Waals surface area contributed by atoms with E-state index in [-0.39, 0.29) is 29.0 Å². The van der Waals surface area contributed by atoms with Gasteiger partial charge in [0.1, 0.15) is 22.5 Å². The second kappa shape index (κ2) is 10.0. The van der Waals surface area contributed by atoms with Crippen LogP contribution in [0.15, 0.2) is 84.0 Å². The van der Waals surface area contributed by atoms with Crippen LogP contribution in [0.4, 0.5) is 17.6 Å².